The molecular weight excluding hydrogens is 284 g/mol. The molecule has 0 aromatic carbocycles. The first kappa shape index (κ1) is 20.5. The highest BCUT2D eigenvalue weighted by atomic mass is 16.5. The Morgan fingerprint density at radius 2 is 1.43 bits per heavy atom. The van der Waals surface area contributed by atoms with E-state index < -0.39 is 0 Å². The van der Waals surface area contributed by atoms with Crippen molar-refractivity contribution in [2.45, 2.75) is 65.9 Å². The molecule has 0 amide bonds. The van der Waals surface area contributed by atoms with Crippen LogP contribution < -0.4 is 0 Å². The lowest BCUT2D eigenvalue weighted by Crippen LogP contribution is -2.21. The Morgan fingerprint density at radius 3 is 1.96 bits per heavy atom. The Hall–Kier alpha value is -0.560. The zero-order valence-electron chi connectivity index (χ0n) is 15.9. The van der Waals surface area contributed by atoms with Crippen LogP contribution in [0.4, 0.5) is 0 Å². The fourth-order valence-corrected chi connectivity index (χ4v) is 2.92. The van der Waals surface area contributed by atoms with Crippen molar-refractivity contribution < 1.29 is 4.74 Å². The Morgan fingerprint density at radius 1 is 0.870 bits per heavy atom. The van der Waals surface area contributed by atoms with Gasteiger partial charge in [-0.25, -0.2) is 0 Å². The van der Waals surface area contributed by atoms with Gasteiger partial charge in [0.15, 0.2) is 0 Å². The van der Waals surface area contributed by atoms with Crippen molar-refractivity contribution >= 4 is 0 Å². The number of rotatable bonds is 6. The predicted molar refractivity (Wildman–Crippen MR) is 99.7 cm³/mol. The molecule has 134 valence electrons. The van der Waals surface area contributed by atoms with E-state index in [1.54, 1.807) is 0 Å². The average Bonchev–Trinajstić information content (AvgIpc) is 3.17. The Balaban J connectivity index is 0.000000231. The maximum absolute atomic E-state index is 5.47. The smallest absolute Gasteiger partial charge is 0.0601 e. The van der Waals surface area contributed by atoms with E-state index in [9.17, 15) is 0 Å². The molecule has 2 heterocycles. The summed E-state index contributed by atoms with van der Waals surface area (Å²) >= 11 is 0. The summed E-state index contributed by atoms with van der Waals surface area (Å²) < 4.78 is 5.47. The topological polar surface area (TPSA) is 15.7 Å². The zero-order chi connectivity index (χ0) is 16.9. The molecule has 23 heavy (non-hydrogen) atoms. The summed E-state index contributed by atoms with van der Waals surface area (Å²) in [5, 5.41) is 0. The van der Waals surface area contributed by atoms with Crippen LogP contribution in [0.15, 0.2) is 0 Å². The molecule has 0 bridgehead atoms. The monoisotopic (exact) mass is 322 g/mol. The van der Waals surface area contributed by atoms with Crippen LogP contribution in [0, 0.1) is 17.8 Å². The van der Waals surface area contributed by atoms with E-state index in [0.717, 1.165) is 13.2 Å². The average molecular weight is 323 g/mol. The van der Waals surface area contributed by atoms with Crippen LogP contribution in [0.3, 0.4) is 0 Å². The summed E-state index contributed by atoms with van der Waals surface area (Å²) in [5.74, 6) is 6.91. The van der Waals surface area contributed by atoms with Crippen LogP contribution in [0.25, 0.3) is 0 Å². The summed E-state index contributed by atoms with van der Waals surface area (Å²) in [6.07, 6.45) is 7.10. The van der Waals surface area contributed by atoms with Gasteiger partial charge in [0, 0.05) is 19.1 Å². The first-order valence-corrected chi connectivity index (χ1v) is 9.62. The number of ether oxygens (including phenoxy) is 1. The van der Waals surface area contributed by atoms with Crippen molar-refractivity contribution in [1.82, 2.24) is 9.80 Å². The predicted octanol–water partition coefficient (Wildman–Crippen LogP) is 3.64. The lowest BCUT2D eigenvalue weighted by molar-refractivity contribution is 0.0720. The molecule has 2 aliphatic heterocycles. The van der Waals surface area contributed by atoms with Crippen molar-refractivity contribution in [2.75, 3.05) is 45.9 Å². The van der Waals surface area contributed by atoms with Gasteiger partial charge in [-0.1, -0.05) is 25.7 Å². The second-order valence-electron chi connectivity index (χ2n) is 7.28. The highest BCUT2D eigenvalue weighted by Crippen LogP contribution is 2.07. The highest BCUT2D eigenvalue weighted by molar-refractivity contribution is 5.03. The van der Waals surface area contributed by atoms with Gasteiger partial charge in [0.2, 0.25) is 0 Å². The van der Waals surface area contributed by atoms with Crippen LogP contribution in [0.2, 0.25) is 0 Å². The molecule has 2 aliphatic rings. The van der Waals surface area contributed by atoms with Crippen molar-refractivity contribution in [3.63, 3.8) is 0 Å². The van der Waals surface area contributed by atoms with Crippen molar-refractivity contribution in [3.05, 3.63) is 0 Å². The van der Waals surface area contributed by atoms with Gasteiger partial charge in [0.1, 0.15) is 0 Å². The Labute approximate surface area is 144 Å². The first-order valence-electron chi connectivity index (χ1n) is 9.62. The molecule has 2 fully saturated rings. The molecule has 0 aliphatic carbocycles. The van der Waals surface area contributed by atoms with Crippen molar-refractivity contribution in [1.29, 1.82) is 0 Å². The lowest BCUT2D eigenvalue weighted by Gasteiger charge is -2.14. The van der Waals surface area contributed by atoms with Gasteiger partial charge in [0.05, 0.1) is 12.6 Å². The molecule has 0 saturated carbocycles. The minimum atomic E-state index is 0.392. The summed E-state index contributed by atoms with van der Waals surface area (Å²) in [6.45, 7) is 16.7. The van der Waals surface area contributed by atoms with Gasteiger partial charge < -0.3 is 9.64 Å². The summed E-state index contributed by atoms with van der Waals surface area (Å²) in [6, 6.07) is 0. The maximum atomic E-state index is 5.47. The SMILES string of the molecule is CC(C)C#CCN1CCCC1.CC(C)OCCCN1CCCC1. The van der Waals surface area contributed by atoms with E-state index in [0.29, 0.717) is 12.0 Å². The molecule has 0 N–H and O–H groups in total. The molecule has 0 aromatic heterocycles. The highest BCUT2D eigenvalue weighted by Gasteiger charge is 2.10. The minimum absolute atomic E-state index is 0.392. The molecule has 3 heteroatoms. The zero-order valence-corrected chi connectivity index (χ0v) is 15.9. The third-order valence-electron chi connectivity index (χ3n) is 4.16. The van der Waals surface area contributed by atoms with Crippen LogP contribution >= 0.6 is 0 Å². The fraction of sp³-hybridized carbons (Fsp3) is 0.900. The third-order valence-corrected chi connectivity index (χ3v) is 4.16. The van der Waals surface area contributed by atoms with Crippen LogP contribution in [0.5, 0.6) is 0 Å². The van der Waals surface area contributed by atoms with Gasteiger partial charge >= 0.3 is 0 Å². The standard InChI is InChI=1S/C10H21NO.C10H17N/c1-10(2)12-9-5-8-11-6-3-4-7-11;1-10(2)6-5-9-11-7-3-4-8-11/h10H,3-9H2,1-2H3;10H,3-4,7-9H2,1-2H3. The van der Waals surface area contributed by atoms with E-state index in [1.807, 2.05) is 0 Å². The summed E-state index contributed by atoms with van der Waals surface area (Å²) in [4.78, 5) is 4.96. The molecule has 0 spiro atoms. The quantitative estimate of drug-likeness (QED) is 0.548. The third kappa shape index (κ3) is 11.6. The maximum Gasteiger partial charge on any atom is 0.0601 e. The van der Waals surface area contributed by atoms with Gasteiger partial charge in [-0.05, 0) is 72.1 Å². The summed E-state index contributed by atoms with van der Waals surface area (Å²) in [7, 11) is 0. The van der Waals surface area contributed by atoms with E-state index in [1.165, 1.54) is 64.8 Å². The van der Waals surface area contributed by atoms with Gasteiger partial charge in [-0.15, -0.1) is 0 Å². The van der Waals surface area contributed by atoms with Gasteiger partial charge in [-0.3, -0.25) is 4.90 Å². The molecule has 3 nitrogen and oxygen atoms in total. The Kier molecular flexibility index (Phi) is 11.4. The molecule has 0 aromatic rings. The Bertz CT molecular complexity index is 331. The number of nitrogens with zero attached hydrogens (tertiary/aromatic N) is 2. The summed E-state index contributed by atoms with van der Waals surface area (Å²) in [5.41, 5.74) is 0. The normalized spacial score (nSPS) is 18.9. The molecule has 0 radical (unpaired) electrons. The minimum Gasteiger partial charge on any atom is -0.379 e. The second kappa shape index (κ2) is 12.8. The first-order chi connectivity index (χ1) is 11.1. The molecule has 2 saturated heterocycles. The van der Waals surface area contributed by atoms with E-state index >= 15 is 0 Å². The van der Waals surface area contributed by atoms with E-state index in [-0.39, 0.29) is 0 Å². The largest absolute Gasteiger partial charge is 0.379 e. The van der Waals surface area contributed by atoms with Gasteiger partial charge in [0.25, 0.3) is 0 Å². The van der Waals surface area contributed by atoms with Gasteiger partial charge in [-0.2, -0.15) is 0 Å². The van der Waals surface area contributed by atoms with E-state index in [2.05, 4.69) is 49.3 Å². The molecule has 0 unspecified atom stereocenters. The number of hydrogen-bond acceptors (Lipinski definition) is 3. The van der Waals surface area contributed by atoms with Crippen LogP contribution in [0.1, 0.15) is 59.8 Å². The van der Waals surface area contributed by atoms with Crippen LogP contribution in [-0.4, -0.2) is 61.8 Å². The van der Waals surface area contributed by atoms with Crippen LogP contribution in [-0.2, 0) is 4.74 Å². The second-order valence-corrected chi connectivity index (χ2v) is 7.28. The molecule has 0 atom stereocenters. The van der Waals surface area contributed by atoms with E-state index in [4.69, 9.17) is 4.74 Å². The number of hydrogen-bond donors (Lipinski definition) is 0. The lowest BCUT2D eigenvalue weighted by atomic mass is 10.2. The fourth-order valence-electron chi connectivity index (χ4n) is 2.92. The van der Waals surface area contributed by atoms with Crippen molar-refractivity contribution in [3.8, 4) is 11.8 Å². The molecule has 2 rings (SSSR count). The number of likely N-dealkylation sites (tertiary alicyclic amines) is 2. The molecular formula is C20H38N2O. The van der Waals surface area contributed by atoms with Crippen molar-refractivity contribution in [2.24, 2.45) is 5.92 Å².